The molecule has 0 atom stereocenters. The zero-order valence-corrected chi connectivity index (χ0v) is 13.1. The van der Waals surface area contributed by atoms with Crippen LogP contribution in [0.15, 0.2) is 41.4 Å². The molecule has 0 N–H and O–H groups in total. The first-order valence-electron chi connectivity index (χ1n) is 6.76. The lowest BCUT2D eigenvalue weighted by Crippen LogP contribution is -2.15. The Kier molecular flexibility index (Phi) is 3.06. The number of fused-ring (bicyclic) bond motifs is 2. The van der Waals surface area contributed by atoms with Crippen molar-refractivity contribution >= 4 is 9.84 Å². The first-order chi connectivity index (χ1) is 9.77. The Morgan fingerprint density at radius 2 is 1.86 bits per heavy atom. The van der Waals surface area contributed by atoms with Gasteiger partial charge in [0.15, 0.2) is 15.6 Å². The molecule has 21 heavy (non-hydrogen) atoms. The summed E-state index contributed by atoms with van der Waals surface area (Å²) in [4.78, 5) is 4.57. The van der Waals surface area contributed by atoms with E-state index in [2.05, 4.69) is 4.98 Å². The topological polar surface area (TPSA) is 56.3 Å². The molecule has 0 fully saturated rings. The van der Waals surface area contributed by atoms with E-state index in [9.17, 15) is 8.42 Å². The highest BCUT2D eigenvalue weighted by Crippen LogP contribution is 2.38. The number of hydrogen-bond donors (Lipinski definition) is 0. The van der Waals surface area contributed by atoms with E-state index < -0.39 is 9.84 Å². The predicted octanol–water partition coefficient (Wildman–Crippen LogP) is 3.46. The third-order valence-corrected chi connectivity index (χ3v) is 5.15. The van der Waals surface area contributed by atoms with Crippen LogP contribution in [-0.2, 0) is 21.0 Å². The number of para-hydroxylation sites is 1. The minimum Gasteiger partial charge on any atom is -0.454 e. The lowest BCUT2D eigenvalue weighted by molar-refractivity contribution is 0.461. The quantitative estimate of drug-likeness (QED) is 0.748. The Bertz CT molecular complexity index is 805. The van der Waals surface area contributed by atoms with Gasteiger partial charge in [-0.15, -0.1) is 0 Å². The molecular weight excluding hydrogens is 286 g/mol. The number of pyridine rings is 1. The first-order valence-corrected chi connectivity index (χ1v) is 8.42. The predicted molar refractivity (Wildman–Crippen MR) is 80.3 cm³/mol. The summed E-state index contributed by atoms with van der Waals surface area (Å²) in [5.74, 6) is 0.821. The lowest BCUT2D eigenvalue weighted by atomic mass is 9.92. The molecule has 2 heterocycles. The standard InChI is InChI=1S/C16H17NO3S/c1-16(2,3)15-8-14-13(9-17-15)20-12-7-5-4-6-11(12)10-21(14,18)19/h4-9H,10H2,1-3H3. The van der Waals surface area contributed by atoms with E-state index in [4.69, 9.17) is 4.74 Å². The average molecular weight is 303 g/mol. The molecule has 0 unspecified atom stereocenters. The van der Waals surface area contributed by atoms with Gasteiger partial charge in [-0.2, -0.15) is 0 Å². The summed E-state index contributed by atoms with van der Waals surface area (Å²) >= 11 is 0. The summed E-state index contributed by atoms with van der Waals surface area (Å²) in [6.45, 7) is 6.00. The van der Waals surface area contributed by atoms with Crippen LogP contribution in [0.3, 0.4) is 0 Å². The third kappa shape index (κ3) is 2.53. The molecule has 1 aromatic carbocycles. The van der Waals surface area contributed by atoms with Crippen molar-refractivity contribution in [2.75, 3.05) is 0 Å². The van der Waals surface area contributed by atoms with Crippen LogP contribution in [0.2, 0.25) is 0 Å². The van der Waals surface area contributed by atoms with Crippen molar-refractivity contribution < 1.29 is 13.2 Å². The maximum absolute atomic E-state index is 12.6. The monoisotopic (exact) mass is 303 g/mol. The molecule has 1 aliphatic rings. The van der Waals surface area contributed by atoms with Crippen molar-refractivity contribution in [3.05, 3.63) is 47.8 Å². The molecule has 4 nitrogen and oxygen atoms in total. The van der Waals surface area contributed by atoms with Crippen LogP contribution in [-0.4, -0.2) is 13.4 Å². The summed E-state index contributed by atoms with van der Waals surface area (Å²) in [6, 6.07) is 8.82. The molecule has 0 radical (unpaired) electrons. The van der Waals surface area contributed by atoms with E-state index in [0.717, 1.165) is 5.69 Å². The number of hydrogen-bond acceptors (Lipinski definition) is 4. The van der Waals surface area contributed by atoms with Crippen LogP contribution in [0, 0.1) is 0 Å². The van der Waals surface area contributed by atoms with Crippen LogP contribution < -0.4 is 4.74 Å². The highest BCUT2D eigenvalue weighted by Gasteiger charge is 2.29. The maximum Gasteiger partial charge on any atom is 0.186 e. The molecule has 1 aliphatic heterocycles. The Morgan fingerprint density at radius 1 is 1.14 bits per heavy atom. The van der Waals surface area contributed by atoms with E-state index in [1.807, 2.05) is 32.9 Å². The van der Waals surface area contributed by atoms with Gasteiger partial charge in [-0.25, -0.2) is 8.42 Å². The van der Waals surface area contributed by atoms with Gasteiger partial charge in [0, 0.05) is 16.7 Å². The van der Waals surface area contributed by atoms with Crippen LogP contribution in [0.4, 0.5) is 0 Å². The highest BCUT2D eigenvalue weighted by molar-refractivity contribution is 7.90. The van der Waals surface area contributed by atoms with Gasteiger partial charge in [0.05, 0.1) is 11.9 Å². The summed E-state index contributed by atoms with van der Waals surface area (Å²) in [5.41, 5.74) is 1.19. The van der Waals surface area contributed by atoms with Crippen molar-refractivity contribution in [1.29, 1.82) is 0 Å². The van der Waals surface area contributed by atoms with Gasteiger partial charge in [-0.1, -0.05) is 39.0 Å². The smallest absolute Gasteiger partial charge is 0.186 e. The minimum absolute atomic E-state index is 0.0518. The zero-order chi connectivity index (χ0) is 15.3. The molecule has 0 spiro atoms. The van der Waals surface area contributed by atoms with Crippen molar-refractivity contribution in [3.8, 4) is 11.5 Å². The van der Waals surface area contributed by atoms with Gasteiger partial charge in [-0.05, 0) is 12.1 Å². The second kappa shape index (κ2) is 4.56. The van der Waals surface area contributed by atoms with Gasteiger partial charge < -0.3 is 4.74 Å². The molecule has 0 bridgehead atoms. The molecule has 2 aromatic rings. The first kappa shape index (κ1) is 14.1. The van der Waals surface area contributed by atoms with Gasteiger partial charge in [0.2, 0.25) is 0 Å². The Hall–Kier alpha value is -1.88. The van der Waals surface area contributed by atoms with Crippen LogP contribution >= 0.6 is 0 Å². The van der Waals surface area contributed by atoms with Gasteiger partial charge in [-0.3, -0.25) is 4.98 Å². The summed E-state index contributed by atoms with van der Waals surface area (Å²) in [6.07, 6.45) is 1.51. The number of benzene rings is 1. The lowest BCUT2D eigenvalue weighted by Gasteiger charge is -2.19. The average Bonchev–Trinajstić information content (AvgIpc) is 2.50. The molecule has 0 saturated heterocycles. The van der Waals surface area contributed by atoms with E-state index in [-0.39, 0.29) is 16.1 Å². The third-order valence-electron chi connectivity index (χ3n) is 3.47. The SMILES string of the molecule is CC(C)(C)c1cc2c(cn1)Oc1ccccc1CS2(=O)=O. The Morgan fingerprint density at radius 3 is 2.57 bits per heavy atom. The van der Waals surface area contributed by atoms with Crippen LogP contribution in [0.25, 0.3) is 0 Å². The van der Waals surface area contributed by atoms with E-state index >= 15 is 0 Å². The molecular formula is C16H17NO3S. The van der Waals surface area contributed by atoms with Crippen molar-refractivity contribution in [3.63, 3.8) is 0 Å². The molecule has 5 heteroatoms. The second-order valence-corrected chi connectivity index (χ2v) is 8.19. The Labute approximate surface area is 124 Å². The number of nitrogens with zero attached hydrogens (tertiary/aromatic N) is 1. The minimum atomic E-state index is -3.44. The van der Waals surface area contributed by atoms with Crippen molar-refractivity contribution in [2.45, 2.75) is 36.8 Å². The molecule has 3 rings (SSSR count). The molecule has 0 amide bonds. The number of ether oxygens (including phenoxy) is 1. The van der Waals surface area contributed by atoms with E-state index in [0.29, 0.717) is 17.1 Å². The molecule has 0 saturated carbocycles. The fraction of sp³-hybridized carbons (Fsp3) is 0.312. The van der Waals surface area contributed by atoms with Crippen LogP contribution in [0.1, 0.15) is 32.0 Å². The fourth-order valence-corrected chi connectivity index (χ4v) is 3.77. The summed E-state index contributed by atoms with van der Waals surface area (Å²) in [5, 5.41) is 0. The van der Waals surface area contributed by atoms with E-state index in [1.165, 1.54) is 6.20 Å². The number of aromatic nitrogens is 1. The van der Waals surface area contributed by atoms with Crippen molar-refractivity contribution in [2.24, 2.45) is 0 Å². The summed E-state index contributed by atoms with van der Waals surface area (Å²) in [7, 11) is -3.44. The molecule has 1 aromatic heterocycles. The van der Waals surface area contributed by atoms with Crippen LogP contribution in [0.5, 0.6) is 11.5 Å². The number of rotatable bonds is 0. The summed E-state index contributed by atoms with van der Waals surface area (Å²) < 4.78 is 31.0. The fourth-order valence-electron chi connectivity index (χ4n) is 2.28. The van der Waals surface area contributed by atoms with Gasteiger partial charge >= 0.3 is 0 Å². The van der Waals surface area contributed by atoms with Gasteiger partial charge in [0.1, 0.15) is 10.6 Å². The number of sulfone groups is 1. The van der Waals surface area contributed by atoms with Gasteiger partial charge in [0.25, 0.3) is 0 Å². The van der Waals surface area contributed by atoms with Crippen molar-refractivity contribution in [1.82, 2.24) is 4.98 Å². The second-order valence-electron chi connectivity index (χ2n) is 6.24. The zero-order valence-electron chi connectivity index (χ0n) is 12.3. The van der Waals surface area contributed by atoms with E-state index in [1.54, 1.807) is 18.2 Å². The Balaban J connectivity index is 2.21. The molecule has 110 valence electrons. The normalized spacial score (nSPS) is 16.3. The maximum atomic E-state index is 12.6. The molecule has 0 aliphatic carbocycles. The largest absolute Gasteiger partial charge is 0.454 e. The highest BCUT2D eigenvalue weighted by atomic mass is 32.2.